The summed E-state index contributed by atoms with van der Waals surface area (Å²) in [5, 5.41) is 2.92. The fraction of sp³-hybridized carbons (Fsp3) is 0.214. The van der Waals surface area contributed by atoms with Crippen molar-refractivity contribution in [2.45, 2.75) is 20.1 Å². The Hall–Kier alpha value is -2.44. The fourth-order valence-electron chi connectivity index (χ4n) is 1.47. The topological polar surface area (TPSA) is 54.9 Å². The molecule has 0 saturated carbocycles. The van der Waals surface area contributed by atoms with Crippen molar-refractivity contribution in [2.24, 2.45) is 0 Å². The van der Waals surface area contributed by atoms with Gasteiger partial charge in [-0.05, 0) is 23.8 Å². The third kappa shape index (κ3) is 4.55. The zero-order valence-electron chi connectivity index (χ0n) is 10.2. The molecule has 112 valence electrons. The maximum atomic E-state index is 12.3. The number of nitrogens with zero attached hydrogens (tertiary/aromatic N) is 2. The average molecular weight is 297 g/mol. The summed E-state index contributed by atoms with van der Waals surface area (Å²) in [6, 6.07) is 5.48. The minimum absolute atomic E-state index is 0. The quantitative estimate of drug-likeness (QED) is 0.877. The van der Waals surface area contributed by atoms with Crippen LogP contribution in [-0.2, 0) is 12.7 Å². The molecule has 2 aromatic heterocycles. The van der Waals surface area contributed by atoms with Gasteiger partial charge in [-0.15, -0.1) is 0 Å². The SMILES string of the molecule is C.O=Cc1ccc(NCc2ccc(C(F)(F)F)nc2)nc1. The molecule has 1 N–H and O–H groups in total. The van der Waals surface area contributed by atoms with E-state index in [0.29, 0.717) is 29.8 Å². The van der Waals surface area contributed by atoms with E-state index >= 15 is 0 Å². The van der Waals surface area contributed by atoms with Gasteiger partial charge in [0.25, 0.3) is 0 Å². The number of rotatable bonds is 4. The van der Waals surface area contributed by atoms with Crippen LogP contribution in [0.25, 0.3) is 0 Å². The van der Waals surface area contributed by atoms with Gasteiger partial charge in [0.2, 0.25) is 0 Å². The first-order valence-corrected chi connectivity index (χ1v) is 5.66. The number of carbonyl (C=O) groups excluding carboxylic acids is 1. The van der Waals surface area contributed by atoms with E-state index in [1.807, 2.05) is 0 Å². The van der Waals surface area contributed by atoms with Crippen molar-refractivity contribution in [2.75, 3.05) is 5.32 Å². The number of pyridine rings is 2. The molecule has 2 aromatic rings. The molecule has 0 bridgehead atoms. The number of carbonyl (C=O) groups is 1. The Morgan fingerprint density at radius 2 is 1.86 bits per heavy atom. The number of aldehydes is 1. The maximum Gasteiger partial charge on any atom is 0.433 e. The molecule has 0 aliphatic rings. The predicted molar refractivity (Wildman–Crippen MR) is 72.9 cm³/mol. The lowest BCUT2D eigenvalue weighted by Crippen LogP contribution is -2.08. The van der Waals surface area contributed by atoms with Crippen molar-refractivity contribution in [3.05, 3.63) is 53.5 Å². The van der Waals surface area contributed by atoms with Crippen molar-refractivity contribution >= 4 is 12.1 Å². The summed E-state index contributed by atoms with van der Waals surface area (Å²) in [5.74, 6) is 0.524. The zero-order chi connectivity index (χ0) is 14.6. The third-order valence-corrected chi connectivity index (χ3v) is 2.51. The first kappa shape index (κ1) is 16.6. The Morgan fingerprint density at radius 3 is 2.33 bits per heavy atom. The van der Waals surface area contributed by atoms with E-state index in [9.17, 15) is 18.0 Å². The summed E-state index contributed by atoms with van der Waals surface area (Å²) in [5.41, 5.74) is 0.126. The summed E-state index contributed by atoms with van der Waals surface area (Å²) in [6.07, 6.45) is -1.19. The lowest BCUT2D eigenvalue weighted by atomic mass is 10.2. The normalized spacial score (nSPS) is 10.6. The Kier molecular flexibility index (Phi) is 5.40. The average Bonchev–Trinajstić information content (AvgIpc) is 2.45. The van der Waals surface area contributed by atoms with E-state index in [1.165, 1.54) is 12.3 Å². The van der Waals surface area contributed by atoms with E-state index in [2.05, 4.69) is 15.3 Å². The van der Waals surface area contributed by atoms with Crippen LogP contribution >= 0.6 is 0 Å². The number of hydrogen-bond acceptors (Lipinski definition) is 4. The van der Waals surface area contributed by atoms with Crippen LogP contribution in [0.4, 0.5) is 19.0 Å². The largest absolute Gasteiger partial charge is 0.433 e. The number of anilines is 1. The summed E-state index contributed by atoms with van der Waals surface area (Å²) in [6.45, 7) is 0.290. The molecule has 2 rings (SSSR count). The van der Waals surface area contributed by atoms with Crippen molar-refractivity contribution in [3.8, 4) is 0 Å². The van der Waals surface area contributed by atoms with Crippen molar-refractivity contribution in [1.29, 1.82) is 0 Å². The molecule has 0 fully saturated rings. The lowest BCUT2D eigenvalue weighted by molar-refractivity contribution is -0.141. The van der Waals surface area contributed by atoms with Crippen molar-refractivity contribution in [3.63, 3.8) is 0 Å². The highest BCUT2D eigenvalue weighted by Gasteiger charge is 2.31. The third-order valence-electron chi connectivity index (χ3n) is 2.51. The second-order valence-electron chi connectivity index (χ2n) is 4.00. The molecule has 0 spiro atoms. The van der Waals surface area contributed by atoms with Gasteiger partial charge < -0.3 is 5.32 Å². The highest BCUT2D eigenvalue weighted by molar-refractivity contribution is 5.74. The van der Waals surface area contributed by atoms with Crippen LogP contribution in [0.15, 0.2) is 36.7 Å². The van der Waals surface area contributed by atoms with Crippen LogP contribution in [0.3, 0.4) is 0 Å². The Bertz CT molecular complexity index is 580. The number of hydrogen-bond donors (Lipinski definition) is 1. The highest BCUT2D eigenvalue weighted by atomic mass is 19.4. The molecule has 0 aliphatic carbocycles. The highest BCUT2D eigenvalue weighted by Crippen LogP contribution is 2.27. The summed E-state index contributed by atoms with van der Waals surface area (Å²) >= 11 is 0. The standard InChI is InChI=1S/C13H10F3N3O.CH4/c14-13(15,16)11-3-1-9(5-17-11)6-18-12-4-2-10(8-20)7-19-12;/h1-5,7-8H,6H2,(H,18,19);1H4. The van der Waals surface area contributed by atoms with Gasteiger partial charge >= 0.3 is 6.18 Å². The molecule has 0 aliphatic heterocycles. The van der Waals surface area contributed by atoms with Crippen LogP contribution < -0.4 is 5.32 Å². The molecular formula is C14H14F3N3O. The molecule has 2 heterocycles. The number of aromatic nitrogens is 2. The first-order valence-electron chi connectivity index (χ1n) is 5.66. The first-order chi connectivity index (χ1) is 9.49. The van der Waals surface area contributed by atoms with Gasteiger partial charge in [-0.1, -0.05) is 13.5 Å². The van der Waals surface area contributed by atoms with Gasteiger partial charge in [-0.3, -0.25) is 9.78 Å². The number of nitrogens with one attached hydrogen (secondary N) is 1. The molecule has 0 aromatic carbocycles. The van der Waals surface area contributed by atoms with Gasteiger partial charge in [0.1, 0.15) is 11.5 Å². The van der Waals surface area contributed by atoms with Gasteiger partial charge in [0.05, 0.1) is 0 Å². The fourth-order valence-corrected chi connectivity index (χ4v) is 1.47. The van der Waals surface area contributed by atoms with E-state index in [0.717, 1.165) is 12.3 Å². The van der Waals surface area contributed by atoms with Gasteiger partial charge in [0.15, 0.2) is 6.29 Å². The molecule has 0 unspecified atom stereocenters. The van der Waals surface area contributed by atoms with Crippen LogP contribution in [0.1, 0.15) is 29.0 Å². The number of alkyl halides is 3. The second kappa shape index (κ2) is 6.83. The van der Waals surface area contributed by atoms with Crippen molar-refractivity contribution < 1.29 is 18.0 Å². The number of halogens is 3. The van der Waals surface area contributed by atoms with Crippen LogP contribution in [-0.4, -0.2) is 16.3 Å². The molecule has 0 saturated heterocycles. The maximum absolute atomic E-state index is 12.3. The minimum Gasteiger partial charge on any atom is -0.366 e. The van der Waals surface area contributed by atoms with Gasteiger partial charge in [-0.2, -0.15) is 13.2 Å². The van der Waals surface area contributed by atoms with E-state index in [1.54, 1.807) is 12.1 Å². The van der Waals surface area contributed by atoms with Crippen molar-refractivity contribution in [1.82, 2.24) is 9.97 Å². The summed E-state index contributed by atoms with van der Waals surface area (Å²) in [4.78, 5) is 17.8. The summed E-state index contributed by atoms with van der Waals surface area (Å²) in [7, 11) is 0. The predicted octanol–water partition coefficient (Wildman–Crippen LogP) is 3.56. The zero-order valence-corrected chi connectivity index (χ0v) is 10.2. The van der Waals surface area contributed by atoms with Crippen LogP contribution in [0.5, 0.6) is 0 Å². The molecule has 4 nitrogen and oxygen atoms in total. The molecule has 0 radical (unpaired) electrons. The van der Waals surface area contributed by atoms with E-state index < -0.39 is 11.9 Å². The van der Waals surface area contributed by atoms with Gasteiger partial charge in [-0.25, -0.2) is 4.98 Å². The second-order valence-corrected chi connectivity index (χ2v) is 4.00. The Labute approximate surface area is 120 Å². The Balaban J connectivity index is 0.00000220. The summed E-state index contributed by atoms with van der Waals surface area (Å²) < 4.78 is 37.0. The molecule has 7 heteroatoms. The minimum atomic E-state index is -4.43. The van der Waals surface area contributed by atoms with E-state index in [-0.39, 0.29) is 7.43 Å². The van der Waals surface area contributed by atoms with Crippen LogP contribution in [0.2, 0.25) is 0 Å². The molecule has 21 heavy (non-hydrogen) atoms. The molecule has 0 amide bonds. The smallest absolute Gasteiger partial charge is 0.366 e. The van der Waals surface area contributed by atoms with Gasteiger partial charge in [0, 0.05) is 24.5 Å². The van der Waals surface area contributed by atoms with E-state index in [4.69, 9.17) is 0 Å². The monoisotopic (exact) mass is 297 g/mol. The molecular weight excluding hydrogens is 283 g/mol. The molecule has 0 atom stereocenters. The van der Waals surface area contributed by atoms with Crippen LogP contribution in [0, 0.1) is 0 Å². The Morgan fingerprint density at radius 1 is 1.10 bits per heavy atom. The lowest BCUT2D eigenvalue weighted by Gasteiger charge is -2.08.